The van der Waals surface area contributed by atoms with E-state index in [1.54, 1.807) is 21.9 Å². The molecule has 3 atom stereocenters. The highest BCUT2D eigenvalue weighted by Crippen LogP contribution is 2.36. The molecule has 3 aromatic rings. The number of amides is 4. The van der Waals surface area contributed by atoms with E-state index in [0.717, 1.165) is 29.2 Å². The third-order valence-corrected chi connectivity index (χ3v) is 10.1. The molecule has 1 aliphatic carbocycles. The first-order valence-electron chi connectivity index (χ1n) is 17.7. The van der Waals surface area contributed by atoms with Crippen molar-refractivity contribution < 1.29 is 23.6 Å². The van der Waals surface area contributed by atoms with Crippen molar-refractivity contribution in [2.45, 2.75) is 102 Å². The Morgan fingerprint density at radius 2 is 1.55 bits per heavy atom. The molecule has 262 valence electrons. The van der Waals surface area contributed by atoms with Crippen LogP contribution in [-0.2, 0) is 32.0 Å². The number of nitrogens with two attached hydrogens (primary N) is 1. The third-order valence-electron chi connectivity index (χ3n) is 10.1. The lowest BCUT2D eigenvalue weighted by Gasteiger charge is -2.45. The molecule has 1 heterocycles. The minimum Gasteiger partial charge on any atom is -0.352 e. The van der Waals surface area contributed by atoms with Gasteiger partial charge in [-0.2, -0.15) is 0 Å². The maximum absolute atomic E-state index is 14.5. The fourth-order valence-corrected chi connectivity index (χ4v) is 6.72. The molecule has 1 aliphatic heterocycles. The molecule has 0 bridgehead atoms. The van der Waals surface area contributed by atoms with E-state index in [9.17, 15) is 23.6 Å². The maximum Gasteiger partial charge on any atom is 0.246 e. The first-order valence-corrected chi connectivity index (χ1v) is 17.7. The minimum absolute atomic E-state index is 0.111. The van der Waals surface area contributed by atoms with Crippen LogP contribution < -0.4 is 16.4 Å². The van der Waals surface area contributed by atoms with Crippen LogP contribution in [0.5, 0.6) is 0 Å². The van der Waals surface area contributed by atoms with Gasteiger partial charge in [0.1, 0.15) is 23.9 Å². The summed E-state index contributed by atoms with van der Waals surface area (Å²) in [7, 11) is 0. The van der Waals surface area contributed by atoms with Crippen LogP contribution in [0.1, 0.15) is 70.9 Å². The number of halogens is 1. The summed E-state index contributed by atoms with van der Waals surface area (Å²) in [5.74, 6) is -1.43. The molecule has 1 saturated carbocycles. The van der Waals surface area contributed by atoms with Crippen molar-refractivity contribution in [3.05, 3.63) is 83.7 Å². The molecule has 2 fully saturated rings. The van der Waals surface area contributed by atoms with Crippen LogP contribution in [0.3, 0.4) is 0 Å². The lowest BCUT2D eigenvalue weighted by Crippen LogP contribution is -2.67. The van der Waals surface area contributed by atoms with E-state index in [0.29, 0.717) is 37.2 Å². The zero-order chi connectivity index (χ0) is 35.3. The number of carbonyl (C=O) groups is 4. The van der Waals surface area contributed by atoms with E-state index in [1.165, 1.54) is 12.1 Å². The minimum atomic E-state index is -1.16. The van der Waals surface area contributed by atoms with Gasteiger partial charge in [-0.05, 0) is 73.1 Å². The molecule has 9 nitrogen and oxygen atoms in total. The van der Waals surface area contributed by atoms with E-state index >= 15 is 0 Å². The number of hydrogen-bond acceptors (Lipinski definition) is 5. The van der Waals surface area contributed by atoms with Gasteiger partial charge in [-0.15, -0.1) is 0 Å². The second kappa shape index (κ2) is 15.5. The quantitative estimate of drug-likeness (QED) is 0.233. The summed E-state index contributed by atoms with van der Waals surface area (Å²) in [5, 5.41) is 8.07. The van der Waals surface area contributed by atoms with Gasteiger partial charge in [0, 0.05) is 32.0 Å². The van der Waals surface area contributed by atoms with Gasteiger partial charge in [-0.1, -0.05) is 81.3 Å². The normalized spacial score (nSPS) is 18.0. The summed E-state index contributed by atoms with van der Waals surface area (Å²) in [4.78, 5) is 59.5. The topological polar surface area (TPSA) is 125 Å². The zero-order valence-corrected chi connectivity index (χ0v) is 29.1. The molecule has 0 aromatic heterocycles. The number of fused-ring (bicyclic) bond motifs is 1. The molecule has 1 unspecified atom stereocenters. The predicted octanol–water partition coefficient (Wildman–Crippen LogP) is 4.50. The van der Waals surface area contributed by atoms with Crippen LogP contribution in [0.25, 0.3) is 10.8 Å². The Bertz CT molecular complexity index is 1650. The number of nitrogens with one attached hydrogen (secondary N) is 2. The molecule has 5 rings (SSSR count). The molecule has 4 N–H and O–H groups in total. The molecule has 1 saturated heterocycles. The molecule has 3 aromatic carbocycles. The number of benzene rings is 3. The van der Waals surface area contributed by atoms with Crippen molar-refractivity contribution >= 4 is 34.4 Å². The summed E-state index contributed by atoms with van der Waals surface area (Å²) in [5.41, 5.74) is 6.87. The number of carbonyl (C=O) groups excluding carboxylic acids is 4. The molecular formula is C39H50FN5O4. The second-order valence-corrected chi connectivity index (χ2v) is 14.0. The van der Waals surface area contributed by atoms with Gasteiger partial charge < -0.3 is 26.2 Å². The molecule has 4 amide bonds. The Hall–Kier alpha value is -4.31. The van der Waals surface area contributed by atoms with Crippen LogP contribution in [0.15, 0.2) is 66.7 Å². The first kappa shape index (κ1) is 36.0. The highest BCUT2D eigenvalue weighted by Gasteiger charge is 2.46. The Balaban J connectivity index is 1.44. The van der Waals surface area contributed by atoms with E-state index in [1.807, 2.05) is 64.1 Å². The SMILES string of the molecule is CCC(N)(CC)C(=O)N[C@H](Cc1ccc(F)cc1)C(=O)N1CCN(C(Cc2ccc3ccccc3c2)C(=O)NC(C)C)C(=O)[C@@H]1CC1CC1. The van der Waals surface area contributed by atoms with Gasteiger partial charge in [0.05, 0.1) is 5.54 Å². The van der Waals surface area contributed by atoms with Gasteiger partial charge in [-0.3, -0.25) is 19.2 Å². The van der Waals surface area contributed by atoms with Crippen molar-refractivity contribution in [2.24, 2.45) is 11.7 Å². The summed E-state index contributed by atoms with van der Waals surface area (Å²) in [6, 6.07) is 17.2. The van der Waals surface area contributed by atoms with Crippen molar-refractivity contribution in [1.82, 2.24) is 20.4 Å². The smallest absolute Gasteiger partial charge is 0.246 e. The third kappa shape index (κ3) is 8.65. The van der Waals surface area contributed by atoms with Gasteiger partial charge >= 0.3 is 0 Å². The number of nitrogens with zero attached hydrogens (tertiary/aromatic N) is 2. The fourth-order valence-electron chi connectivity index (χ4n) is 6.72. The van der Waals surface area contributed by atoms with Gasteiger partial charge in [0.2, 0.25) is 23.6 Å². The summed E-state index contributed by atoms with van der Waals surface area (Å²) in [6.07, 6.45) is 3.63. The van der Waals surface area contributed by atoms with Crippen LogP contribution in [0, 0.1) is 11.7 Å². The largest absolute Gasteiger partial charge is 0.352 e. The van der Waals surface area contributed by atoms with Crippen molar-refractivity contribution in [3.8, 4) is 0 Å². The molecule has 10 heteroatoms. The standard InChI is InChI=1S/C39H50FN5O4/c1-5-39(41,6-2)38(49)43-32(22-26-14-17-31(40)18-15-26)36(47)45-20-19-44(37(48)34(45)23-27-11-12-27)33(35(46)42-25(3)4)24-28-13-16-29-9-7-8-10-30(29)21-28/h7-10,13-18,21,25,27,32-34H,5-6,11-12,19-20,22-24,41H2,1-4H3,(H,42,46)(H,43,49)/t32-,33?,34+/m1/s1. The number of hydrogen-bond donors (Lipinski definition) is 3. The molecule has 0 radical (unpaired) electrons. The van der Waals surface area contributed by atoms with Crippen LogP contribution >= 0.6 is 0 Å². The zero-order valence-electron chi connectivity index (χ0n) is 29.1. The summed E-state index contributed by atoms with van der Waals surface area (Å²) in [6.45, 7) is 7.80. The highest BCUT2D eigenvalue weighted by molar-refractivity contribution is 5.96. The lowest BCUT2D eigenvalue weighted by molar-refractivity contribution is -0.157. The predicted molar refractivity (Wildman–Crippen MR) is 189 cm³/mol. The fraction of sp³-hybridized carbons (Fsp3) is 0.487. The molecule has 49 heavy (non-hydrogen) atoms. The molecule has 0 spiro atoms. The van der Waals surface area contributed by atoms with E-state index in [2.05, 4.69) is 16.7 Å². The Kier molecular flexibility index (Phi) is 11.4. The van der Waals surface area contributed by atoms with Crippen LogP contribution in [-0.4, -0.2) is 76.2 Å². The van der Waals surface area contributed by atoms with Crippen LogP contribution in [0.2, 0.25) is 0 Å². The average molecular weight is 672 g/mol. The van der Waals surface area contributed by atoms with Crippen molar-refractivity contribution in [3.63, 3.8) is 0 Å². The van der Waals surface area contributed by atoms with Crippen molar-refractivity contribution in [2.75, 3.05) is 13.1 Å². The number of piperazine rings is 1. The van der Waals surface area contributed by atoms with Gasteiger partial charge in [-0.25, -0.2) is 4.39 Å². The highest BCUT2D eigenvalue weighted by atomic mass is 19.1. The van der Waals surface area contributed by atoms with Gasteiger partial charge in [0.15, 0.2) is 0 Å². The van der Waals surface area contributed by atoms with Gasteiger partial charge in [0.25, 0.3) is 0 Å². The van der Waals surface area contributed by atoms with Crippen molar-refractivity contribution in [1.29, 1.82) is 0 Å². The second-order valence-electron chi connectivity index (χ2n) is 14.0. The van der Waals surface area contributed by atoms with Crippen LogP contribution in [0.4, 0.5) is 4.39 Å². The Labute approximate surface area is 288 Å². The summed E-state index contributed by atoms with van der Waals surface area (Å²) >= 11 is 0. The Morgan fingerprint density at radius 3 is 2.18 bits per heavy atom. The Morgan fingerprint density at radius 1 is 0.898 bits per heavy atom. The molecule has 2 aliphatic rings. The maximum atomic E-state index is 14.5. The first-order chi connectivity index (χ1) is 23.4. The number of rotatable bonds is 14. The molecular weight excluding hydrogens is 621 g/mol. The van der Waals surface area contributed by atoms with E-state index in [4.69, 9.17) is 5.73 Å². The monoisotopic (exact) mass is 671 g/mol. The average Bonchev–Trinajstić information content (AvgIpc) is 3.92. The van der Waals surface area contributed by atoms with E-state index < -0.39 is 35.4 Å². The van der Waals surface area contributed by atoms with E-state index in [-0.39, 0.29) is 43.3 Å². The summed E-state index contributed by atoms with van der Waals surface area (Å²) < 4.78 is 13.8. The lowest BCUT2D eigenvalue weighted by atomic mass is 9.92.